The summed E-state index contributed by atoms with van der Waals surface area (Å²) in [5.74, 6) is -4.05. The number of carbonyl (C=O) groups is 2. The summed E-state index contributed by atoms with van der Waals surface area (Å²) in [6.07, 6.45) is 4.64. The fourth-order valence-electron chi connectivity index (χ4n) is 5.55. The topological polar surface area (TPSA) is 90.5 Å². The Morgan fingerprint density at radius 2 is 1.49 bits per heavy atom. The normalized spacial score (nSPS) is 17.3. The number of hydrogen-bond acceptors (Lipinski definition) is 4. The van der Waals surface area contributed by atoms with Gasteiger partial charge in [0.1, 0.15) is 5.66 Å². The van der Waals surface area contributed by atoms with Crippen LogP contribution in [0.15, 0.2) is 60.7 Å². The number of amides is 1. The molecule has 1 saturated carbocycles. The number of carboxylic acid groups (broad SMARTS) is 1. The fourth-order valence-corrected chi connectivity index (χ4v) is 5.68. The molecule has 0 bridgehead atoms. The Labute approximate surface area is 218 Å². The minimum Gasteiger partial charge on any atom is -0.478 e. The summed E-state index contributed by atoms with van der Waals surface area (Å²) < 4.78 is 28.4. The molecule has 3 aromatic carbocycles. The van der Waals surface area contributed by atoms with E-state index in [0.717, 1.165) is 44.2 Å². The van der Waals surface area contributed by atoms with E-state index >= 15 is 0 Å². The van der Waals surface area contributed by atoms with Crippen LogP contribution in [0, 0.1) is 23.5 Å². The summed E-state index contributed by atoms with van der Waals surface area (Å²) in [6, 6.07) is 15.2. The largest absolute Gasteiger partial charge is 0.478 e. The van der Waals surface area contributed by atoms with Crippen molar-refractivity contribution in [2.24, 2.45) is 11.8 Å². The second kappa shape index (κ2) is 10.0. The summed E-state index contributed by atoms with van der Waals surface area (Å²) in [4.78, 5) is 25.3. The maximum Gasteiger partial charge on any atom is 0.335 e. The first-order chi connectivity index (χ1) is 17.8. The molecule has 0 radical (unpaired) electrons. The predicted molar refractivity (Wildman–Crippen MR) is 139 cm³/mol. The molecule has 1 unspecified atom stereocenters. The molecule has 37 heavy (non-hydrogen) atoms. The SMILES string of the molecule is O=C(O)c1ccc(NC(=O)C(C2CCCCC2)C2(c3ccc(Cl)cc3)Nc3cc(F)c(F)cc3N2)cc1. The molecule has 5 rings (SSSR count). The van der Waals surface area contributed by atoms with Crippen LogP contribution in [0.3, 0.4) is 0 Å². The highest BCUT2D eigenvalue weighted by atomic mass is 35.5. The lowest BCUT2D eigenvalue weighted by Gasteiger charge is -2.43. The number of halogens is 3. The Kier molecular flexibility index (Phi) is 6.77. The summed E-state index contributed by atoms with van der Waals surface area (Å²) in [6.45, 7) is 0. The van der Waals surface area contributed by atoms with Gasteiger partial charge in [0.2, 0.25) is 5.91 Å². The monoisotopic (exact) mass is 525 g/mol. The number of rotatable bonds is 6. The number of fused-ring (bicyclic) bond motifs is 1. The number of hydrogen-bond donors (Lipinski definition) is 4. The first-order valence-electron chi connectivity index (χ1n) is 12.2. The second-order valence-electron chi connectivity index (χ2n) is 9.62. The molecular formula is C28H26ClF2N3O3. The molecule has 192 valence electrons. The molecule has 0 spiro atoms. The summed E-state index contributed by atoms with van der Waals surface area (Å²) in [7, 11) is 0. The van der Waals surface area contributed by atoms with Gasteiger partial charge in [-0.25, -0.2) is 13.6 Å². The van der Waals surface area contributed by atoms with Crippen molar-refractivity contribution < 1.29 is 23.5 Å². The molecule has 3 aromatic rings. The number of anilines is 3. The molecule has 2 aliphatic rings. The lowest BCUT2D eigenvalue weighted by atomic mass is 9.71. The van der Waals surface area contributed by atoms with Crippen molar-refractivity contribution in [1.82, 2.24) is 0 Å². The molecule has 1 heterocycles. The number of nitrogens with one attached hydrogen (secondary N) is 3. The fraction of sp³-hybridized carbons (Fsp3) is 0.286. The maximum atomic E-state index is 14.2. The first kappa shape index (κ1) is 25.0. The summed E-state index contributed by atoms with van der Waals surface area (Å²) in [5.41, 5.74) is 0.760. The van der Waals surface area contributed by atoms with Crippen LogP contribution < -0.4 is 16.0 Å². The zero-order valence-corrected chi connectivity index (χ0v) is 20.6. The lowest BCUT2D eigenvalue weighted by Crippen LogP contribution is -2.54. The van der Waals surface area contributed by atoms with Gasteiger partial charge in [0.15, 0.2) is 11.6 Å². The van der Waals surface area contributed by atoms with Gasteiger partial charge in [-0.3, -0.25) is 4.79 Å². The van der Waals surface area contributed by atoms with Crippen molar-refractivity contribution in [2.45, 2.75) is 37.8 Å². The predicted octanol–water partition coefficient (Wildman–Crippen LogP) is 6.84. The maximum absolute atomic E-state index is 14.2. The highest BCUT2D eigenvalue weighted by molar-refractivity contribution is 6.30. The highest BCUT2D eigenvalue weighted by Crippen LogP contribution is 2.49. The molecule has 6 nitrogen and oxygen atoms in total. The van der Waals surface area contributed by atoms with Crippen LogP contribution in [-0.4, -0.2) is 17.0 Å². The molecule has 1 aliphatic carbocycles. The van der Waals surface area contributed by atoms with Crippen LogP contribution in [0.5, 0.6) is 0 Å². The van der Waals surface area contributed by atoms with Crippen molar-refractivity contribution >= 4 is 40.5 Å². The Morgan fingerprint density at radius 3 is 2.03 bits per heavy atom. The van der Waals surface area contributed by atoms with E-state index in [-0.39, 0.29) is 17.4 Å². The van der Waals surface area contributed by atoms with Gasteiger partial charge in [0.25, 0.3) is 0 Å². The Hall–Kier alpha value is -3.65. The third-order valence-electron chi connectivity index (χ3n) is 7.29. The van der Waals surface area contributed by atoms with Crippen LogP contribution in [0.25, 0.3) is 0 Å². The van der Waals surface area contributed by atoms with Gasteiger partial charge in [0.05, 0.1) is 22.9 Å². The standard InChI is InChI=1S/C28H26ClF2N3O3/c29-19-10-8-18(9-11-19)28(33-23-14-21(30)22(31)15-24(23)34-28)25(16-4-2-1-3-5-16)26(35)32-20-12-6-17(7-13-20)27(36)37/h6-16,25,33-34H,1-5H2,(H,32,35)(H,36,37). The molecule has 0 aromatic heterocycles. The van der Waals surface area contributed by atoms with E-state index in [4.69, 9.17) is 11.6 Å². The molecule has 9 heteroatoms. The van der Waals surface area contributed by atoms with E-state index < -0.39 is 29.2 Å². The van der Waals surface area contributed by atoms with Crippen molar-refractivity contribution in [3.63, 3.8) is 0 Å². The van der Waals surface area contributed by atoms with Crippen molar-refractivity contribution in [3.05, 3.63) is 88.4 Å². The molecule has 0 saturated heterocycles. The zero-order valence-electron chi connectivity index (χ0n) is 19.9. The first-order valence-corrected chi connectivity index (χ1v) is 12.6. The van der Waals surface area contributed by atoms with E-state index in [2.05, 4.69) is 16.0 Å². The smallest absolute Gasteiger partial charge is 0.335 e. The van der Waals surface area contributed by atoms with E-state index in [1.807, 2.05) is 0 Å². The minimum atomic E-state index is -1.21. The molecule has 4 N–H and O–H groups in total. The third kappa shape index (κ3) is 4.85. The van der Waals surface area contributed by atoms with Crippen LogP contribution in [0.2, 0.25) is 5.02 Å². The van der Waals surface area contributed by atoms with Gasteiger partial charge in [-0.2, -0.15) is 0 Å². The average Bonchev–Trinajstić information content (AvgIpc) is 3.24. The molecule has 1 fully saturated rings. The van der Waals surface area contributed by atoms with Crippen molar-refractivity contribution in [1.29, 1.82) is 0 Å². The molecule has 1 aliphatic heterocycles. The zero-order chi connectivity index (χ0) is 26.2. The summed E-state index contributed by atoms with van der Waals surface area (Å²) >= 11 is 6.17. The lowest BCUT2D eigenvalue weighted by molar-refractivity contribution is -0.124. The number of aromatic carboxylic acids is 1. The minimum absolute atomic E-state index is 0.0354. The number of carbonyl (C=O) groups excluding carboxylic acids is 1. The van der Waals surface area contributed by atoms with Crippen molar-refractivity contribution in [2.75, 3.05) is 16.0 Å². The van der Waals surface area contributed by atoms with Gasteiger partial charge < -0.3 is 21.1 Å². The average molecular weight is 526 g/mol. The third-order valence-corrected chi connectivity index (χ3v) is 7.55. The second-order valence-corrected chi connectivity index (χ2v) is 10.1. The van der Waals surface area contributed by atoms with E-state index in [1.165, 1.54) is 12.1 Å². The van der Waals surface area contributed by atoms with Gasteiger partial charge in [-0.15, -0.1) is 0 Å². The number of carboxylic acids is 1. The molecule has 1 amide bonds. The van der Waals surface area contributed by atoms with Crippen LogP contribution >= 0.6 is 11.6 Å². The van der Waals surface area contributed by atoms with Crippen LogP contribution in [0.1, 0.15) is 48.0 Å². The Morgan fingerprint density at radius 1 is 0.919 bits per heavy atom. The van der Waals surface area contributed by atoms with E-state index in [9.17, 15) is 23.5 Å². The van der Waals surface area contributed by atoms with Crippen LogP contribution in [-0.2, 0) is 10.5 Å². The molecular weight excluding hydrogens is 500 g/mol. The van der Waals surface area contributed by atoms with E-state index in [1.54, 1.807) is 36.4 Å². The van der Waals surface area contributed by atoms with E-state index in [0.29, 0.717) is 27.6 Å². The quantitative estimate of drug-likeness (QED) is 0.283. The Bertz CT molecular complexity index is 1290. The van der Waals surface area contributed by atoms with Gasteiger partial charge in [0, 0.05) is 22.8 Å². The van der Waals surface area contributed by atoms with Gasteiger partial charge in [-0.05, 0) is 60.7 Å². The van der Waals surface area contributed by atoms with Crippen LogP contribution in [0.4, 0.5) is 25.8 Å². The highest BCUT2D eigenvalue weighted by Gasteiger charge is 2.52. The summed E-state index contributed by atoms with van der Waals surface area (Å²) in [5, 5.41) is 19.3. The Balaban J connectivity index is 1.59. The van der Waals surface area contributed by atoms with Gasteiger partial charge in [-0.1, -0.05) is 43.0 Å². The number of benzene rings is 3. The molecule has 1 atom stereocenters. The van der Waals surface area contributed by atoms with Gasteiger partial charge >= 0.3 is 5.97 Å². The van der Waals surface area contributed by atoms with Crippen molar-refractivity contribution in [3.8, 4) is 0 Å².